The average Bonchev–Trinajstić information content (AvgIpc) is 2.68. The van der Waals surface area contributed by atoms with Crippen molar-refractivity contribution in [3.8, 4) is 11.1 Å². The van der Waals surface area contributed by atoms with E-state index >= 15 is 0 Å². The summed E-state index contributed by atoms with van der Waals surface area (Å²) in [5.74, 6) is 0. The van der Waals surface area contributed by atoms with Crippen LogP contribution in [0.15, 0.2) is 36.5 Å². The van der Waals surface area contributed by atoms with Crippen LogP contribution >= 0.6 is 0 Å². The van der Waals surface area contributed by atoms with E-state index in [1.807, 2.05) is 0 Å². The van der Waals surface area contributed by atoms with Gasteiger partial charge < -0.3 is 15.8 Å². The average molecular weight is 408 g/mol. The Balaban J connectivity index is 2.09. The predicted molar refractivity (Wildman–Crippen MR) is 105 cm³/mol. The van der Waals surface area contributed by atoms with E-state index in [2.05, 4.69) is 20.4 Å². The second kappa shape index (κ2) is 8.69. The maximum absolute atomic E-state index is 13.6. The van der Waals surface area contributed by atoms with Gasteiger partial charge in [-0.15, -0.1) is 0 Å². The molecule has 1 amide bonds. The summed E-state index contributed by atoms with van der Waals surface area (Å²) in [6.07, 6.45) is -2.09. The molecule has 6 nitrogen and oxygen atoms in total. The first-order chi connectivity index (χ1) is 13.8. The van der Waals surface area contributed by atoms with Gasteiger partial charge in [0.25, 0.3) is 0 Å². The number of carbonyl (C=O) groups is 1. The highest BCUT2D eigenvalue weighted by Crippen LogP contribution is 2.36. The van der Waals surface area contributed by atoms with Crippen LogP contribution in [-0.2, 0) is 4.74 Å². The molecular formula is C20H23F3N4O2. The lowest BCUT2D eigenvalue weighted by Gasteiger charge is -2.26. The predicted octanol–water partition coefficient (Wildman–Crippen LogP) is 4.84. The van der Waals surface area contributed by atoms with Gasteiger partial charge in [0.1, 0.15) is 6.04 Å². The topological polar surface area (TPSA) is 89.3 Å². The zero-order valence-electron chi connectivity index (χ0n) is 15.9. The molecule has 0 radical (unpaired) electrons. The molecule has 0 fully saturated rings. The summed E-state index contributed by atoms with van der Waals surface area (Å²) in [4.78, 5) is 15.8. The first kappa shape index (κ1) is 20.9. The van der Waals surface area contributed by atoms with Crippen molar-refractivity contribution >= 4 is 17.5 Å². The van der Waals surface area contributed by atoms with E-state index in [9.17, 15) is 18.0 Å². The molecule has 4 N–H and O–H groups in total. The molecule has 2 heterocycles. The van der Waals surface area contributed by atoms with Crippen molar-refractivity contribution in [1.82, 2.24) is 4.98 Å². The van der Waals surface area contributed by atoms with Gasteiger partial charge in [-0.25, -0.2) is 4.79 Å². The van der Waals surface area contributed by atoms with E-state index in [4.69, 9.17) is 5.73 Å². The Hall–Kier alpha value is -2.81. The Labute approximate surface area is 166 Å². The number of anilines is 2. The Kier molecular flexibility index (Phi) is 6.26. The number of pyridine rings is 1. The van der Waals surface area contributed by atoms with Gasteiger partial charge in [-0.05, 0) is 42.7 Å². The van der Waals surface area contributed by atoms with Crippen LogP contribution in [0.3, 0.4) is 0 Å². The smallest absolute Gasteiger partial charge is 0.411 e. The van der Waals surface area contributed by atoms with Crippen LogP contribution in [0.25, 0.3) is 11.1 Å². The van der Waals surface area contributed by atoms with Crippen molar-refractivity contribution in [2.24, 2.45) is 5.73 Å². The lowest BCUT2D eigenvalue weighted by atomic mass is 9.97. The summed E-state index contributed by atoms with van der Waals surface area (Å²) >= 11 is 0. The zero-order chi connectivity index (χ0) is 21.0. The summed E-state index contributed by atoms with van der Waals surface area (Å²) in [6.45, 7) is 0. The Bertz CT molecular complexity index is 873. The van der Waals surface area contributed by atoms with Crippen LogP contribution in [0.4, 0.5) is 29.3 Å². The number of rotatable bonds is 1. The molecule has 9 heteroatoms. The third-order valence-corrected chi connectivity index (χ3v) is 4.91. The number of hydrogen-bond acceptors (Lipinski definition) is 5. The molecule has 0 saturated heterocycles. The summed E-state index contributed by atoms with van der Waals surface area (Å²) in [7, 11) is 1.21. The second-order valence-corrected chi connectivity index (χ2v) is 6.98. The van der Waals surface area contributed by atoms with Crippen LogP contribution in [0.2, 0.25) is 0 Å². The van der Waals surface area contributed by atoms with Crippen LogP contribution in [0.1, 0.15) is 37.4 Å². The maximum Gasteiger partial charge on any atom is 0.411 e. The van der Waals surface area contributed by atoms with Gasteiger partial charge in [-0.1, -0.05) is 18.9 Å². The first-order valence-corrected chi connectivity index (χ1v) is 9.32. The number of halogens is 3. The van der Waals surface area contributed by atoms with E-state index < -0.39 is 18.3 Å². The lowest BCUT2D eigenvalue weighted by Crippen LogP contribution is -2.36. The molecule has 0 saturated carbocycles. The van der Waals surface area contributed by atoms with Gasteiger partial charge in [0, 0.05) is 29.2 Å². The molecule has 2 aromatic rings. The number of ether oxygens (including phenoxy) is 1. The highest BCUT2D eigenvalue weighted by molar-refractivity contribution is 5.88. The molecule has 3 rings (SSSR count). The molecule has 2 bridgehead atoms. The number of aromatic nitrogens is 1. The monoisotopic (exact) mass is 408 g/mol. The molecule has 1 aromatic carbocycles. The van der Waals surface area contributed by atoms with Crippen LogP contribution < -0.4 is 16.4 Å². The Morgan fingerprint density at radius 1 is 1.24 bits per heavy atom. The van der Waals surface area contributed by atoms with Crippen molar-refractivity contribution in [1.29, 1.82) is 0 Å². The minimum Gasteiger partial charge on any atom is -0.453 e. The number of methoxy groups -OCH3 is 1. The van der Waals surface area contributed by atoms with Crippen LogP contribution in [-0.4, -0.2) is 30.4 Å². The third-order valence-electron chi connectivity index (χ3n) is 4.91. The fourth-order valence-corrected chi connectivity index (χ4v) is 3.35. The molecule has 1 unspecified atom stereocenters. The van der Waals surface area contributed by atoms with Gasteiger partial charge in [0.2, 0.25) is 0 Å². The number of nitrogens with one attached hydrogen (secondary N) is 2. The molecule has 29 heavy (non-hydrogen) atoms. The summed E-state index contributed by atoms with van der Waals surface area (Å²) in [5.41, 5.74) is 8.72. The van der Waals surface area contributed by atoms with E-state index in [-0.39, 0.29) is 18.2 Å². The number of carbonyl (C=O) groups excluding carboxylic acids is 1. The molecular weight excluding hydrogens is 385 g/mol. The van der Waals surface area contributed by atoms with Crippen molar-refractivity contribution < 1.29 is 22.7 Å². The fourth-order valence-electron chi connectivity index (χ4n) is 3.35. The van der Waals surface area contributed by atoms with E-state index in [0.29, 0.717) is 41.8 Å². The van der Waals surface area contributed by atoms with Crippen LogP contribution in [0.5, 0.6) is 0 Å². The summed E-state index contributed by atoms with van der Waals surface area (Å²) in [5, 5.41) is 5.12. The fraction of sp³-hybridized carbons (Fsp3) is 0.400. The third kappa shape index (κ3) is 5.17. The van der Waals surface area contributed by atoms with Gasteiger partial charge in [0.05, 0.1) is 12.8 Å². The Morgan fingerprint density at radius 3 is 2.72 bits per heavy atom. The molecule has 1 aromatic heterocycles. The highest BCUT2D eigenvalue weighted by atomic mass is 19.4. The number of fused-ring (bicyclic) bond motifs is 4. The largest absolute Gasteiger partial charge is 0.453 e. The SMILES string of the molecule is COC(=O)Nc1ccc2c(c1)NC(C(F)(F)F)CCCC[C@H](N)c1cc-2ccn1. The van der Waals surface area contributed by atoms with Crippen molar-refractivity contribution in [2.45, 2.75) is 43.9 Å². The summed E-state index contributed by atoms with van der Waals surface area (Å²) in [6, 6.07) is 6.18. The van der Waals surface area contributed by atoms with Crippen molar-refractivity contribution in [3.05, 3.63) is 42.2 Å². The van der Waals surface area contributed by atoms with Crippen molar-refractivity contribution in [3.63, 3.8) is 0 Å². The van der Waals surface area contributed by atoms with Gasteiger partial charge >= 0.3 is 12.3 Å². The lowest BCUT2D eigenvalue weighted by molar-refractivity contribution is -0.144. The highest BCUT2D eigenvalue weighted by Gasteiger charge is 2.39. The molecule has 1 aliphatic heterocycles. The normalized spacial score (nSPS) is 19.8. The molecule has 0 spiro atoms. The zero-order valence-corrected chi connectivity index (χ0v) is 15.9. The number of amides is 1. The molecule has 156 valence electrons. The van der Waals surface area contributed by atoms with E-state index in [1.54, 1.807) is 30.5 Å². The number of nitrogens with zero attached hydrogens (tertiary/aromatic N) is 1. The van der Waals surface area contributed by atoms with Crippen LogP contribution in [0, 0.1) is 0 Å². The standard InChI is InChI=1S/C20H23F3N4O2/c1-29-19(28)26-13-6-7-14-12-8-9-25-17(10-12)15(24)4-2-3-5-18(20(21,22)23)27-16(14)11-13/h6-11,15,18,27H,2-5,24H2,1H3,(H,26,28)/t15-,18?/m0/s1. The van der Waals surface area contributed by atoms with Gasteiger partial charge in [-0.2, -0.15) is 13.2 Å². The second-order valence-electron chi connectivity index (χ2n) is 6.98. The minimum absolute atomic E-state index is 0.0777. The number of hydrogen-bond donors (Lipinski definition) is 3. The van der Waals surface area contributed by atoms with E-state index in [0.717, 1.165) is 0 Å². The molecule has 2 atom stereocenters. The van der Waals surface area contributed by atoms with Crippen molar-refractivity contribution in [2.75, 3.05) is 17.7 Å². The molecule has 1 aliphatic rings. The Morgan fingerprint density at radius 2 is 2.00 bits per heavy atom. The quantitative estimate of drug-likeness (QED) is 0.628. The number of alkyl halides is 3. The molecule has 0 aliphatic carbocycles. The maximum atomic E-state index is 13.6. The summed E-state index contributed by atoms with van der Waals surface area (Å²) < 4.78 is 45.5. The number of nitrogens with two attached hydrogens (primary N) is 1. The minimum atomic E-state index is -4.42. The van der Waals surface area contributed by atoms with E-state index in [1.165, 1.54) is 13.2 Å². The first-order valence-electron chi connectivity index (χ1n) is 9.32. The number of benzene rings is 1. The van der Waals surface area contributed by atoms with Gasteiger partial charge in [-0.3, -0.25) is 10.3 Å². The van der Waals surface area contributed by atoms with Gasteiger partial charge in [0.15, 0.2) is 0 Å².